The predicted molar refractivity (Wildman–Crippen MR) is 78.2 cm³/mol. The van der Waals surface area contributed by atoms with Crippen molar-refractivity contribution in [2.45, 2.75) is 13.0 Å². The van der Waals surface area contributed by atoms with Gasteiger partial charge in [0.2, 0.25) is 0 Å². The minimum absolute atomic E-state index is 0.256. The van der Waals surface area contributed by atoms with Crippen LogP contribution in [0.2, 0.25) is 5.02 Å². The van der Waals surface area contributed by atoms with Crippen LogP contribution in [0, 0.1) is 0 Å². The summed E-state index contributed by atoms with van der Waals surface area (Å²) in [4.78, 5) is 14.9. The lowest BCUT2D eigenvalue weighted by molar-refractivity contribution is 0.0604. The molecule has 1 aliphatic heterocycles. The Morgan fingerprint density at radius 3 is 2.95 bits per heavy atom. The van der Waals surface area contributed by atoms with E-state index in [1.165, 1.54) is 18.4 Å². The molecule has 0 bridgehead atoms. The highest BCUT2D eigenvalue weighted by Crippen LogP contribution is 2.39. The molecule has 0 saturated heterocycles. The first-order valence-corrected chi connectivity index (χ1v) is 7.31. The largest absolute Gasteiger partial charge is 0.465 e. The van der Waals surface area contributed by atoms with Crippen molar-refractivity contribution in [3.8, 4) is 0 Å². The molecule has 3 nitrogen and oxygen atoms in total. The normalized spacial score (nSPS) is 15.5. The van der Waals surface area contributed by atoms with Crippen LogP contribution in [0.5, 0.6) is 0 Å². The van der Waals surface area contributed by atoms with Gasteiger partial charge in [-0.25, -0.2) is 4.79 Å². The minimum atomic E-state index is -0.256. The number of hydrogen-bond acceptors (Lipinski definition) is 4. The highest BCUT2D eigenvalue weighted by Gasteiger charge is 2.25. The third-order valence-electron chi connectivity index (χ3n) is 3.55. The van der Waals surface area contributed by atoms with Gasteiger partial charge in [-0.2, -0.15) is 0 Å². The average Bonchev–Trinajstić information content (AvgIpc) is 2.65. The molecule has 0 spiro atoms. The van der Waals surface area contributed by atoms with E-state index in [9.17, 15) is 4.79 Å². The summed E-state index contributed by atoms with van der Waals surface area (Å²) in [6, 6.07) is 3.92. The third-order valence-corrected chi connectivity index (χ3v) is 5.08. The molecule has 0 fully saturated rings. The number of likely N-dealkylation sites (N-methyl/N-ethyl adjacent to an activating group) is 1. The molecule has 2 aromatic rings. The van der Waals surface area contributed by atoms with Crippen molar-refractivity contribution >= 4 is 39.0 Å². The summed E-state index contributed by atoms with van der Waals surface area (Å²) in [5, 5.41) is 1.94. The first-order chi connectivity index (χ1) is 9.11. The second-order valence-corrected chi connectivity index (χ2v) is 6.25. The van der Waals surface area contributed by atoms with Gasteiger partial charge in [0.05, 0.1) is 7.11 Å². The molecule has 0 radical (unpaired) electrons. The summed E-state index contributed by atoms with van der Waals surface area (Å²) >= 11 is 7.82. The van der Waals surface area contributed by atoms with Gasteiger partial charge < -0.3 is 9.64 Å². The quantitative estimate of drug-likeness (QED) is 0.756. The summed E-state index contributed by atoms with van der Waals surface area (Å²) < 4.78 is 6.01. The number of halogens is 1. The lowest BCUT2D eigenvalue weighted by Gasteiger charge is -2.13. The Balaban J connectivity index is 2.33. The Hall–Kier alpha value is -1.10. The summed E-state index contributed by atoms with van der Waals surface area (Å²) in [6.45, 7) is 1.70. The second-order valence-electron chi connectivity index (χ2n) is 4.79. The van der Waals surface area contributed by atoms with Crippen molar-refractivity contribution in [1.29, 1.82) is 0 Å². The molecule has 0 amide bonds. The fraction of sp³-hybridized carbons (Fsp3) is 0.357. The fourth-order valence-corrected chi connectivity index (χ4v) is 4.02. The zero-order valence-corrected chi connectivity index (χ0v) is 12.4. The van der Waals surface area contributed by atoms with Gasteiger partial charge in [-0.3, -0.25) is 0 Å². The maximum Gasteiger partial charge on any atom is 0.348 e. The first-order valence-electron chi connectivity index (χ1n) is 6.11. The molecular formula is C14H14ClNO2S. The molecule has 0 saturated carbocycles. The van der Waals surface area contributed by atoms with Crippen LogP contribution >= 0.6 is 22.9 Å². The van der Waals surface area contributed by atoms with Gasteiger partial charge in [0.25, 0.3) is 0 Å². The number of ether oxygens (including phenoxy) is 1. The number of hydrogen-bond donors (Lipinski definition) is 0. The lowest BCUT2D eigenvalue weighted by Crippen LogP contribution is -2.19. The van der Waals surface area contributed by atoms with Crippen LogP contribution in [0.3, 0.4) is 0 Å². The molecule has 5 heteroatoms. The van der Waals surface area contributed by atoms with Crippen molar-refractivity contribution in [3.63, 3.8) is 0 Å². The highest BCUT2D eigenvalue weighted by molar-refractivity contribution is 7.21. The molecule has 1 aromatic carbocycles. The van der Waals surface area contributed by atoms with Crippen LogP contribution in [0.15, 0.2) is 12.1 Å². The Kier molecular flexibility index (Phi) is 3.25. The van der Waals surface area contributed by atoms with Crippen LogP contribution in [0.1, 0.15) is 20.8 Å². The minimum Gasteiger partial charge on any atom is -0.465 e. The average molecular weight is 296 g/mol. The molecule has 100 valence electrons. The number of benzene rings is 1. The van der Waals surface area contributed by atoms with Gasteiger partial charge in [0.15, 0.2) is 0 Å². The summed E-state index contributed by atoms with van der Waals surface area (Å²) in [5.41, 5.74) is 2.22. The molecule has 0 aliphatic carbocycles. The number of thiophene rings is 1. The van der Waals surface area contributed by atoms with Crippen molar-refractivity contribution < 1.29 is 9.53 Å². The number of rotatable bonds is 1. The van der Waals surface area contributed by atoms with Crippen molar-refractivity contribution in [3.05, 3.63) is 33.2 Å². The van der Waals surface area contributed by atoms with E-state index >= 15 is 0 Å². The topological polar surface area (TPSA) is 29.5 Å². The van der Waals surface area contributed by atoms with Crippen molar-refractivity contribution in [2.75, 3.05) is 20.7 Å². The SMILES string of the molecule is COC(=O)c1sc2ccc(Cl)c3c2c1CN(C)CC3. The van der Waals surface area contributed by atoms with Gasteiger partial charge in [-0.1, -0.05) is 11.6 Å². The van der Waals surface area contributed by atoms with Crippen LogP contribution in [0.25, 0.3) is 10.1 Å². The summed E-state index contributed by atoms with van der Waals surface area (Å²) in [7, 11) is 3.48. The second kappa shape index (κ2) is 4.78. The van der Waals surface area contributed by atoms with E-state index in [1.807, 2.05) is 12.1 Å². The van der Waals surface area contributed by atoms with E-state index in [0.29, 0.717) is 4.88 Å². The van der Waals surface area contributed by atoms with Crippen molar-refractivity contribution in [1.82, 2.24) is 4.90 Å². The monoisotopic (exact) mass is 295 g/mol. The summed E-state index contributed by atoms with van der Waals surface area (Å²) in [6.07, 6.45) is 0.914. The van der Waals surface area contributed by atoms with E-state index < -0.39 is 0 Å². The smallest absolute Gasteiger partial charge is 0.348 e. The van der Waals surface area contributed by atoms with Gasteiger partial charge in [-0.05, 0) is 36.7 Å². The maximum absolute atomic E-state index is 11.9. The van der Waals surface area contributed by atoms with Crippen LogP contribution in [-0.2, 0) is 17.7 Å². The molecule has 1 aliphatic rings. The predicted octanol–water partition coefficient (Wildman–Crippen LogP) is 3.33. The van der Waals surface area contributed by atoms with E-state index in [-0.39, 0.29) is 5.97 Å². The van der Waals surface area contributed by atoms with E-state index in [0.717, 1.165) is 45.7 Å². The Morgan fingerprint density at radius 1 is 1.42 bits per heavy atom. The van der Waals surface area contributed by atoms with Gasteiger partial charge in [0, 0.05) is 28.2 Å². The number of nitrogens with zero attached hydrogens (tertiary/aromatic N) is 1. The van der Waals surface area contributed by atoms with E-state index in [2.05, 4.69) is 11.9 Å². The fourth-order valence-electron chi connectivity index (χ4n) is 2.61. The molecule has 1 aromatic heterocycles. The Bertz CT molecular complexity index is 665. The van der Waals surface area contributed by atoms with Gasteiger partial charge in [-0.15, -0.1) is 11.3 Å². The van der Waals surface area contributed by atoms with E-state index in [1.54, 1.807) is 0 Å². The zero-order valence-electron chi connectivity index (χ0n) is 10.8. The molecule has 0 N–H and O–H groups in total. The molecule has 0 atom stereocenters. The number of esters is 1. The number of methoxy groups -OCH3 is 1. The Morgan fingerprint density at radius 2 is 2.21 bits per heavy atom. The molecule has 0 unspecified atom stereocenters. The van der Waals surface area contributed by atoms with Gasteiger partial charge in [0.1, 0.15) is 4.88 Å². The molecule has 2 heterocycles. The lowest BCUT2D eigenvalue weighted by atomic mass is 10.0. The first kappa shape index (κ1) is 12.9. The zero-order chi connectivity index (χ0) is 13.6. The van der Waals surface area contributed by atoms with Crippen molar-refractivity contribution in [2.24, 2.45) is 0 Å². The van der Waals surface area contributed by atoms with Crippen LogP contribution < -0.4 is 0 Å². The summed E-state index contributed by atoms with van der Waals surface area (Å²) in [5.74, 6) is -0.256. The molecular weight excluding hydrogens is 282 g/mol. The maximum atomic E-state index is 11.9. The van der Waals surface area contributed by atoms with Crippen LogP contribution in [-0.4, -0.2) is 31.6 Å². The Labute approximate surface area is 120 Å². The van der Waals surface area contributed by atoms with E-state index in [4.69, 9.17) is 16.3 Å². The third kappa shape index (κ3) is 2.04. The number of carbonyl (C=O) groups is 1. The number of carbonyl (C=O) groups excluding carboxylic acids is 1. The molecule has 3 rings (SSSR count). The van der Waals surface area contributed by atoms with Gasteiger partial charge >= 0.3 is 5.97 Å². The highest BCUT2D eigenvalue weighted by atomic mass is 35.5. The molecule has 19 heavy (non-hydrogen) atoms. The standard InChI is InChI=1S/C14H14ClNO2S/c1-16-6-5-8-10(15)3-4-11-12(8)9(7-16)13(19-11)14(17)18-2/h3-4H,5-7H2,1-2H3. The van der Waals surface area contributed by atoms with Crippen LogP contribution in [0.4, 0.5) is 0 Å².